The van der Waals surface area contributed by atoms with Gasteiger partial charge in [-0.1, -0.05) is 18.6 Å². The fraction of sp³-hybridized carbons (Fsp3) is 0.533. The molecule has 0 unspecified atom stereocenters. The van der Waals surface area contributed by atoms with E-state index in [0.717, 1.165) is 31.4 Å². The standard InChI is InChI=1S/C15H24O3Si/c1-19(2,3)18-14-11-9-13(10-12-14)7-5-4-6-8-15(16)17/h9-12H,4-8H2,1-3H3,(H,16,17). The predicted octanol–water partition coefficient (Wildman–Crippen LogP) is 4.09. The van der Waals surface area contributed by atoms with E-state index in [2.05, 4.69) is 31.8 Å². The molecule has 0 atom stereocenters. The average Bonchev–Trinajstić information content (AvgIpc) is 2.28. The third-order valence-corrected chi connectivity index (χ3v) is 3.55. The number of benzene rings is 1. The van der Waals surface area contributed by atoms with Crippen molar-refractivity contribution in [2.45, 2.75) is 51.7 Å². The fourth-order valence-electron chi connectivity index (χ4n) is 1.86. The summed E-state index contributed by atoms with van der Waals surface area (Å²) in [5, 5.41) is 8.54. The Bertz CT molecular complexity index is 393. The van der Waals surface area contributed by atoms with Crippen molar-refractivity contribution in [1.29, 1.82) is 0 Å². The molecule has 0 radical (unpaired) electrons. The summed E-state index contributed by atoms with van der Waals surface area (Å²) in [5.74, 6) is 0.252. The van der Waals surface area contributed by atoms with E-state index < -0.39 is 14.3 Å². The first-order chi connectivity index (χ1) is 8.87. The highest BCUT2D eigenvalue weighted by molar-refractivity contribution is 6.70. The minimum Gasteiger partial charge on any atom is -0.544 e. The van der Waals surface area contributed by atoms with E-state index in [1.807, 2.05) is 12.1 Å². The average molecular weight is 280 g/mol. The molecule has 0 spiro atoms. The van der Waals surface area contributed by atoms with Gasteiger partial charge in [0.1, 0.15) is 5.75 Å². The Kier molecular flexibility index (Phi) is 6.08. The topological polar surface area (TPSA) is 46.5 Å². The maximum absolute atomic E-state index is 10.4. The van der Waals surface area contributed by atoms with Crippen LogP contribution in [0.3, 0.4) is 0 Å². The molecule has 1 aromatic carbocycles. The van der Waals surface area contributed by atoms with Crippen LogP contribution in [0.25, 0.3) is 0 Å². The van der Waals surface area contributed by atoms with Crippen LogP contribution < -0.4 is 4.43 Å². The van der Waals surface area contributed by atoms with Crippen LogP contribution in [-0.4, -0.2) is 19.4 Å². The third-order valence-electron chi connectivity index (χ3n) is 2.70. The second-order valence-corrected chi connectivity index (χ2v) is 10.2. The Morgan fingerprint density at radius 1 is 1.11 bits per heavy atom. The second kappa shape index (κ2) is 7.33. The smallest absolute Gasteiger partial charge is 0.303 e. The highest BCUT2D eigenvalue weighted by Gasteiger charge is 2.15. The molecule has 3 nitrogen and oxygen atoms in total. The van der Waals surface area contributed by atoms with Crippen molar-refractivity contribution in [2.24, 2.45) is 0 Å². The second-order valence-electron chi connectivity index (χ2n) is 5.81. The summed E-state index contributed by atoms with van der Waals surface area (Å²) in [4.78, 5) is 10.4. The lowest BCUT2D eigenvalue weighted by atomic mass is 10.1. The zero-order chi connectivity index (χ0) is 14.3. The first kappa shape index (κ1) is 15.8. The molecule has 0 heterocycles. The Labute approximate surface area is 116 Å². The molecule has 1 rings (SSSR count). The quantitative estimate of drug-likeness (QED) is 0.576. The lowest BCUT2D eigenvalue weighted by Gasteiger charge is -2.19. The summed E-state index contributed by atoms with van der Waals surface area (Å²) in [6, 6.07) is 8.27. The molecule has 1 N–H and O–H groups in total. The molecule has 19 heavy (non-hydrogen) atoms. The Morgan fingerprint density at radius 3 is 2.26 bits per heavy atom. The highest BCUT2D eigenvalue weighted by Crippen LogP contribution is 2.18. The van der Waals surface area contributed by atoms with Gasteiger partial charge < -0.3 is 9.53 Å². The molecular formula is C15H24O3Si. The van der Waals surface area contributed by atoms with Crippen molar-refractivity contribution in [1.82, 2.24) is 0 Å². The van der Waals surface area contributed by atoms with Crippen LogP contribution >= 0.6 is 0 Å². The lowest BCUT2D eigenvalue weighted by Crippen LogP contribution is -2.29. The number of carbonyl (C=O) groups is 1. The summed E-state index contributed by atoms with van der Waals surface area (Å²) in [6.45, 7) is 6.51. The number of hydrogen-bond donors (Lipinski definition) is 1. The van der Waals surface area contributed by atoms with Crippen molar-refractivity contribution in [3.8, 4) is 5.75 Å². The predicted molar refractivity (Wildman–Crippen MR) is 80.2 cm³/mol. The maximum Gasteiger partial charge on any atom is 0.303 e. The number of carboxylic acids is 1. The normalized spacial score (nSPS) is 11.3. The van der Waals surface area contributed by atoms with E-state index in [9.17, 15) is 4.79 Å². The molecule has 0 fully saturated rings. The number of rotatable bonds is 8. The lowest BCUT2D eigenvalue weighted by molar-refractivity contribution is -0.137. The molecule has 0 saturated carbocycles. The van der Waals surface area contributed by atoms with Gasteiger partial charge in [0.25, 0.3) is 0 Å². The molecule has 0 bridgehead atoms. The van der Waals surface area contributed by atoms with Crippen LogP contribution in [0.5, 0.6) is 5.75 Å². The molecule has 0 aromatic heterocycles. The van der Waals surface area contributed by atoms with E-state index in [1.54, 1.807) is 0 Å². The summed E-state index contributed by atoms with van der Waals surface area (Å²) >= 11 is 0. The number of aliphatic carboxylic acids is 1. The van der Waals surface area contributed by atoms with Crippen LogP contribution in [0, 0.1) is 0 Å². The maximum atomic E-state index is 10.4. The number of unbranched alkanes of at least 4 members (excludes halogenated alkanes) is 2. The molecule has 106 valence electrons. The Hall–Kier alpha value is -1.29. The molecule has 0 aliphatic rings. The van der Waals surface area contributed by atoms with Crippen LogP contribution in [0.1, 0.15) is 31.2 Å². The van der Waals surface area contributed by atoms with Crippen molar-refractivity contribution >= 4 is 14.3 Å². The van der Waals surface area contributed by atoms with Gasteiger partial charge in [-0.25, -0.2) is 0 Å². The van der Waals surface area contributed by atoms with Crippen molar-refractivity contribution in [3.63, 3.8) is 0 Å². The Balaban J connectivity index is 2.30. The Morgan fingerprint density at radius 2 is 1.74 bits per heavy atom. The van der Waals surface area contributed by atoms with Gasteiger partial charge in [0.2, 0.25) is 8.32 Å². The van der Waals surface area contributed by atoms with E-state index in [4.69, 9.17) is 9.53 Å². The number of aryl methyl sites for hydroxylation is 1. The zero-order valence-corrected chi connectivity index (χ0v) is 13.1. The molecule has 1 aromatic rings. The molecule has 0 aliphatic carbocycles. The van der Waals surface area contributed by atoms with Gasteiger partial charge >= 0.3 is 5.97 Å². The van der Waals surface area contributed by atoms with Crippen LogP contribution in [0.4, 0.5) is 0 Å². The minimum atomic E-state index is -1.52. The minimum absolute atomic E-state index is 0.281. The molecule has 4 heteroatoms. The van der Waals surface area contributed by atoms with E-state index in [0.29, 0.717) is 0 Å². The van der Waals surface area contributed by atoms with Crippen molar-refractivity contribution < 1.29 is 14.3 Å². The number of carboxylic acid groups (broad SMARTS) is 1. The molecular weight excluding hydrogens is 256 g/mol. The van der Waals surface area contributed by atoms with Gasteiger partial charge in [-0.2, -0.15) is 0 Å². The van der Waals surface area contributed by atoms with Crippen LogP contribution in [-0.2, 0) is 11.2 Å². The molecule has 0 amide bonds. The summed E-state index contributed by atoms with van der Waals surface area (Å²) in [6.07, 6.45) is 4.07. The molecule has 0 aliphatic heterocycles. The summed E-state index contributed by atoms with van der Waals surface area (Å²) in [7, 11) is -1.52. The van der Waals surface area contributed by atoms with Gasteiger partial charge in [0.05, 0.1) is 0 Å². The first-order valence-corrected chi connectivity index (χ1v) is 10.3. The first-order valence-electron chi connectivity index (χ1n) is 6.86. The van der Waals surface area contributed by atoms with E-state index in [1.165, 1.54) is 5.56 Å². The van der Waals surface area contributed by atoms with E-state index in [-0.39, 0.29) is 6.42 Å². The fourth-order valence-corrected chi connectivity index (χ4v) is 2.70. The SMILES string of the molecule is C[Si](C)(C)Oc1ccc(CCCCCC(=O)O)cc1. The number of hydrogen-bond acceptors (Lipinski definition) is 2. The van der Waals surface area contributed by atoms with Crippen LogP contribution in [0.2, 0.25) is 19.6 Å². The van der Waals surface area contributed by atoms with E-state index >= 15 is 0 Å². The third kappa shape index (κ3) is 7.67. The van der Waals surface area contributed by atoms with Gasteiger partial charge in [-0.15, -0.1) is 0 Å². The van der Waals surface area contributed by atoms with Gasteiger partial charge in [0, 0.05) is 6.42 Å². The largest absolute Gasteiger partial charge is 0.544 e. The van der Waals surface area contributed by atoms with Gasteiger partial charge in [-0.05, 0) is 56.6 Å². The summed E-state index contributed by atoms with van der Waals surface area (Å²) < 4.78 is 5.90. The highest BCUT2D eigenvalue weighted by atomic mass is 28.4. The van der Waals surface area contributed by atoms with Crippen molar-refractivity contribution in [2.75, 3.05) is 0 Å². The molecule has 0 saturated heterocycles. The monoisotopic (exact) mass is 280 g/mol. The van der Waals surface area contributed by atoms with Gasteiger partial charge in [-0.3, -0.25) is 4.79 Å². The summed E-state index contributed by atoms with van der Waals surface area (Å²) in [5.41, 5.74) is 1.29. The zero-order valence-electron chi connectivity index (χ0n) is 12.1. The van der Waals surface area contributed by atoms with Crippen molar-refractivity contribution in [3.05, 3.63) is 29.8 Å². The van der Waals surface area contributed by atoms with Gasteiger partial charge in [0.15, 0.2) is 0 Å². The van der Waals surface area contributed by atoms with Crippen LogP contribution in [0.15, 0.2) is 24.3 Å².